The van der Waals surface area contributed by atoms with Crippen molar-refractivity contribution in [1.82, 2.24) is 9.78 Å². The Hall–Kier alpha value is -2.60. The van der Waals surface area contributed by atoms with Crippen LogP contribution in [-0.2, 0) is 24.8 Å². The molecule has 0 N–H and O–H groups in total. The monoisotopic (exact) mass is 346 g/mol. The number of halogens is 1. The van der Waals surface area contributed by atoms with Crippen LogP contribution in [0, 0.1) is 0 Å². The number of benzene rings is 1. The minimum absolute atomic E-state index is 0.0579. The van der Waals surface area contributed by atoms with Crippen LogP contribution in [0.2, 0.25) is 5.02 Å². The molecule has 3 aromatic rings. The zero-order chi connectivity index (χ0) is 17.3. The summed E-state index contributed by atoms with van der Waals surface area (Å²) in [5.41, 5.74) is 1.70. The largest absolute Gasteiger partial charge is 0.457 e. The number of aromatic nitrogens is 2. The average Bonchev–Trinajstić information content (AvgIpc) is 2.98. The first-order valence-corrected chi connectivity index (χ1v) is 7.76. The molecule has 6 nitrogen and oxygen atoms in total. The molecule has 0 unspecified atom stereocenters. The molecule has 2 aromatic heterocycles. The Balaban J connectivity index is 1.92. The molecule has 24 heavy (non-hydrogen) atoms. The van der Waals surface area contributed by atoms with Gasteiger partial charge in [-0.1, -0.05) is 18.5 Å². The average molecular weight is 347 g/mol. The van der Waals surface area contributed by atoms with E-state index in [9.17, 15) is 9.59 Å². The molecule has 1 aromatic carbocycles. The zero-order valence-electron chi connectivity index (χ0n) is 13.2. The molecule has 0 spiro atoms. The van der Waals surface area contributed by atoms with E-state index in [0.29, 0.717) is 27.1 Å². The van der Waals surface area contributed by atoms with Crippen molar-refractivity contribution in [2.75, 3.05) is 0 Å². The van der Waals surface area contributed by atoms with Crippen LogP contribution in [0.15, 0.2) is 39.8 Å². The van der Waals surface area contributed by atoms with Gasteiger partial charge >= 0.3 is 11.6 Å². The number of hydrogen-bond donors (Lipinski definition) is 0. The van der Waals surface area contributed by atoms with Gasteiger partial charge in [0.05, 0.1) is 11.8 Å². The third-order valence-corrected chi connectivity index (χ3v) is 4.03. The van der Waals surface area contributed by atoms with Crippen molar-refractivity contribution in [3.8, 4) is 0 Å². The molecule has 0 atom stereocenters. The van der Waals surface area contributed by atoms with Crippen LogP contribution in [-0.4, -0.2) is 15.7 Å². The molecule has 2 heterocycles. The zero-order valence-corrected chi connectivity index (χ0v) is 14.0. The van der Waals surface area contributed by atoms with E-state index in [2.05, 4.69) is 5.10 Å². The van der Waals surface area contributed by atoms with Gasteiger partial charge in [0.25, 0.3) is 0 Å². The van der Waals surface area contributed by atoms with Crippen molar-refractivity contribution in [1.29, 1.82) is 0 Å². The van der Waals surface area contributed by atoms with Crippen LogP contribution in [0.5, 0.6) is 0 Å². The lowest BCUT2D eigenvalue weighted by atomic mass is 10.1. The summed E-state index contributed by atoms with van der Waals surface area (Å²) in [6.45, 7) is 1.91. The molecule has 7 heteroatoms. The quantitative estimate of drug-likeness (QED) is 0.536. The number of hydrogen-bond acceptors (Lipinski definition) is 5. The van der Waals surface area contributed by atoms with Gasteiger partial charge < -0.3 is 9.15 Å². The number of esters is 1. The smallest absolute Gasteiger partial charge is 0.341 e. The third kappa shape index (κ3) is 3.19. The van der Waals surface area contributed by atoms with Gasteiger partial charge in [0.2, 0.25) is 0 Å². The van der Waals surface area contributed by atoms with Gasteiger partial charge in [-0.3, -0.25) is 4.68 Å². The summed E-state index contributed by atoms with van der Waals surface area (Å²) in [6.07, 6.45) is 3.70. The summed E-state index contributed by atoms with van der Waals surface area (Å²) >= 11 is 6.24. The molecule has 124 valence electrons. The first kappa shape index (κ1) is 16.3. The molecule has 0 aliphatic heterocycles. The number of carbonyl (C=O) groups excluding carboxylic acids is 1. The highest BCUT2D eigenvalue weighted by Gasteiger charge is 2.13. The van der Waals surface area contributed by atoms with Gasteiger partial charge in [-0.15, -0.1) is 0 Å². The fourth-order valence-electron chi connectivity index (χ4n) is 2.43. The van der Waals surface area contributed by atoms with Gasteiger partial charge in [0.1, 0.15) is 12.2 Å². The van der Waals surface area contributed by atoms with E-state index in [-0.39, 0.29) is 6.61 Å². The Morgan fingerprint density at radius 1 is 1.33 bits per heavy atom. The van der Waals surface area contributed by atoms with E-state index in [1.807, 2.05) is 6.92 Å². The van der Waals surface area contributed by atoms with Gasteiger partial charge in [-0.05, 0) is 24.1 Å². The minimum atomic E-state index is -0.513. The first-order chi connectivity index (χ1) is 11.5. The molecule has 3 rings (SSSR count). The Labute approximate surface area is 142 Å². The molecule has 0 aliphatic rings. The van der Waals surface area contributed by atoms with Crippen molar-refractivity contribution < 1.29 is 13.9 Å². The van der Waals surface area contributed by atoms with Crippen molar-refractivity contribution in [3.63, 3.8) is 0 Å². The van der Waals surface area contributed by atoms with E-state index in [4.69, 9.17) is 20.8 Å². The van der Waals surface area contributed by atoms with E-state index >= 15 is 0 Å². The van der Waals surface area contributed by atoms with Crippen LogP contribution in [0.25, 0.3) is 11.0 Å². The van der Waals surface area contributed by atoms with Crippen LogP contribution >= 0.6 is 11.6 Å². The number of ether oxygens (including phenoxy) is 1. The second-order valence-corrected chi connectivity index (χ2v) is 5.77. The van der Waals surface area contributed by atoms with E-state index < -0.39 is 11.6 Å². The summed E-state index contributed by atoms with van der Waals surface area (Å²) in [4.78, 5) is 23.8. The third-order valence-electron chi connectivity index (χ3n) is 3.68. The maximum absolute atomic E-state index is 12.0. The number of fused-ring (bicyclic) bond motifs is 1. The molecule has 0 bridgehead atoms. The Morgan fingerprint density at radius 2 is 2.12 bits per heavy atom. The summed E-state index contributed by atoms with van der Waals surface area (Å²) in [5.74, 6) is -0.513. The van der Waals surface area contributed by atoms with Crippen molar-refractivity contribution in [2.45, 2.75) is 20.0 Å². The lowest BCUT2D eigenvalue weighted by Gasteiger charge is -2.09. The lowest BCUT2D eigenvalue weighted by molar-refractivity contribution is 0.0473. The Kier molecular flexibility index (Phi) is 4.40. The molecule has 0 saturated heterocycles. The van der Waals surface area contributed by atoms with Gasteiger partial charge in [0, 0.05) is 35.3 Å². The van der Waals surface area contributed by atoms with E-state index in [0.717, 1.165) is 12.0 Å². The lowest BCUT2D eigenvalue weighted by Crippen LogP contribution is -2.07. The highest BCUT2D eigenvalue weighted by molar-refractivity contribution is 6.32. The Morgan fingerprint density at radius 3 is 2.79 bits per heavy atom. The molecule has 0 radical (unpaired) electrons. The topological polar surface area (TPSA) is 74.3 Å². The standard InChI is InChI=1S/C17H15ClN2O4/c1-3-10-4-15-13(6-14(10)18)11(5-16(21)24-15)9-23-17(22)12-7-19-20(2)8-12/h4-8H,3,9H2,1-2H3. The SMILES string of the molecule is CCc1cc2oc(=O)cc(COC(=O)c3cnn(C)c3)c2cc1Cl. The maximum atomic E-state index is 12.0. The molecule has 0 saturated carbocycles. The van der Waals surface area contributed by atoms with E-state index in [1.165, 1.54) is 16.9 Å². The molecule has 0 fully saturated rings. The molecular weight excluding hydrogens is 332 g/mol. The van der Waals surface area contributed by atoms with Gasteiger partial charge in [-0.25, -0.2) is 9.59 Å². The molecule has 0 amide bonds. The normalized spacial score (nSPS) is 11.0. The number of rotatable bonds is 4. The van der Waals surface area contributed by atoms with Crippen LogP contribution in [0.4, 0.5) is 0 Å². The van der Waals surface area contributed by atoms with Crippen LogP contribution in [0.1, 0.15) is 28.4 Å². The number of nitrogens with zero attached hydrogens (tertiary/aromatic N) is 2. The van der Waals surface area contributed by atoms with Crippen molar-refractivity contribution in [3.05, 3.63) is 62.7 Å². The van der Waals surface area contributed by atoms with Crippen LogP contribution < -0.4 is 5.63 Å². The second kappa shape index (κ2) is 6.49. The number of carbonyl (C=O) groups is 1. The van der Waals surface area contributed by atoms with Crippen molar-refractivity contribution in [2.24, 2.45) is 7.05 Å². The Bertz CT molecular complexity index is 974. The minimum Gasteiger partial charge on any atom is -0.457 e. The molecular formula is C17H15ClN2O4. The highest BCUT2D eigenvalue weighted by Crippen LogP contribution is 2.26. The molecule has 0 aliphatic carbocycles. The summed E-state index contributed by atoms with van der Waals surface area (Å²) < 4.78 is 12.0. The predicted octanol–water partition coefficient (Wildman–Crippen LogP) is 3.10. The second-order valence-electron chi connectivity index (χ2n) is 5.36. The summed E-state index contributed by atoms with van der Waals surface area (Å²) in [6, 6.07) is 4.78. The van der Waals surface area contributed by atoms with Crippen LogP contribution in [0.3, 0.4) is 0 Å². The maximum Gasteiger partial charge on any atom is 0.341 e. The summed E-state index contributed by atoms with van der Waals surface area (Å²) in [7, 11) is 1.71. The first-order valence-electron chi connectivity index (χ1n) is 7.39. The number of aryl methyl sites for hydroxylation is 2. The summed E-state index contributed by atoms with van der Waals surface area (Å²) in [5, 5.41) is 5.15. The van der Waals surface area contributed by atoms with Gasteiger partial charge in [-0.2, -0.15) is 5.10 Å². The van der Waals surface area contributed by atoms with Crippen molar-refractivity contribution >= 4 is 28.5 Å². The highest BCUT2D eigenvalue weighted by atomic mass is 35.5. The fourth-order valence-corrected chi connectivity index (χ4v) is 2.73. The van der Waals surface area contributed by atoms with Gasteiger partial charge in [0.15, 0.2) is 0 Å². The fraction of sp³-hybridized carbons (Fsp3) is 0.235. The van der Waals surface area contributed by atoms with E-state index in [1.54, 1.807) is 25.4 Å². The predicted molar refractivity (Wildman–Crippen MR) is 89.2 cm³/mol.